The Morgan fingerprint density at radius 3 is 2.71 bits per heavy atom. The average molecular weight is 413 g/mol. The van der Waals surface area contributed by atoms with E-state index in [1.165, 1.54) is 30.0 Å². The van der Waals surface area contributed by atoms with Crippen LogP contribution in [0.3, 0.4) is 0 Å². The van der Waals surface area contributed by atoms with Crippen molar-refractivity contribution in [2.75, 3.05) is 5.75 Å². The number of nitrogens with one attached hydrogen (secondary N) is 1. The molecule has 0 saturated heterocycles. The maximum absolute atomic E-state index is 12.5. The van der Waals surface area contributed by atoms with E-state index in [2.05, 4.69) is 22.1 Å². The Morgan fingerprint density at radius 2 is 2.00 bits per heavy atom. The van der Waals surface area contributed by atoms with Gasteiger partial charge in [0.2, 0.25) is 5.91 Å². The van der Waals surface area contributed by atoms with E-state index >= 15 is 0 Å². The molecular weight excluding hydrogens is 392 g/mol. The maximum Gasteiger partial charge on any atom is 0.217 e. The van der Waals surface area contributed by atoms with Crippen molar-refractivity contribution in [3.05, 3.63) is 64.9 Å². The van der Waals surface area contributed by atoms with Crippen LogP contribution in [0.1, 0.15) is 21.5 Å². The highest BCUT2D eigenvalue weighted by Crippen LogP contribution is 2.26. The number of hydrogen-bond acceptors (Lipinski definition) is 6. The fourth-order valence-corrected chi connectivity index (χ4v) is 4.33. The minimum atomic E-state index is -0.0902. The maximum atomic E-state index is 12.5. The van der Waals surface area contributed by atoms with Crippen molar-refractivity contribution >= 4 is 34.8 Å². The SMILES string of the molecule is C=CCn1c(SCC(=O)c2ccc(CNC(C)=O)s2)nnc1-c1ccccc1. The molecule has 2 heterocycles. The van der Waals surface area contributed by atoms with Crippen molar-refractivity contribution < 1.29 is 9.59 Å². The quantitative estimate of drug-likeness (QED) is 0.329. The molecule has 0 atom stereocenters. The molecule has 8 heteroatoms. The number of carbonyl (C=O) groups excluding carboxylic acids is 2. The second-order valence-electron chi connectivity index (χ2n) is 5.96. The molecule has 3 rings (SSSR count). The summed E-state index contributed by atoms with van der Waals surface area (Å²) in [6.07, 6.45) is 1.79. The second-order valence-corrected chi connectivity index (χ2v) is 8.07. The van der Waals surface area contributed by atoms with Crippen LogP contribution in [0.4, 0.5) is 0 Å². The predicted molar refractivity (Wildman–Crippen MR) is 113 cm³/mol. The molecule has 1 aromatic carbocycles. The molecule has 0 bridgehead atoms. The van der Waals surface area contributed by atoms with Gasteiger partial charge in [-0.2, -0.15) is 0 Å². The summed E-state index contributed by atoms with van der Waals surface area (Å²) in [5, 5.41) is 12.0. The normalized spacial score (nSPS) is 10.6. The highest BCUT2D eigenvalue weighted by atomic mass is 32.2. The summed E-state index contributed by atoms with van der Waals surface area (Å²) in [7, 11) is 0. The molecule has 0 radical (unpaired) electrons. The summed E-state index contributed by atoms with van der Waals surface area (Å²) in [6.45, 7) is 6.28. The lowest BCUT2D eigenvalue weighted by molar-refractivity contribution is -0.119. The van der Waals surface area contributed by atoms with Gasteiger partial charge >= 0.3 is 0 Å². The average Bonchev–Trinajstić information content (AvgIpc) is 3.33. The highest BCUT2D eigenvalue weighted by molar-refractivity contribution is 7.99. The Kier molecular flexibility index (Phi) is 6.78. The van der Waals surface area contributed by atoms with Crippen LogP contribution >= 0.6 is 23.1 Å². The number of hydrogen-bond donors (Lipinski definition) is 1. The summed E-state index contributed by atoms with van der Waals surface area (Å²) in [6, 6.07) is 13.5. The number of ketones is 1. The summed E-state index contributed by atoms with van der Waals surface area (Å²) in [5.41, 5.74) is 0.968. The Morgan fingerprint density at radius 1 is 1.21 bits per heavy atom. The van der Waals surface area contributed by atoms with Gasteiger partial charge < -0.3 is 5.32 Å². The van der Waals surface area contributed by atoms with E-state index in [0.29, 0.717) is 23.1 Å². The van der Waals surface area contributed by atoms with E-state index in [4.69, 9.17) is 0 Å². The molecule has 0 aliphatic rings. The summed E-state index contributed by atoms with van der Waals surface area (Å²) in [5.74, 6) is 0.958. The number of nitrogens with zero attached hydrogens (tertiary/aromatic N) is 3. The zero-order chi connectivity index (χ0) is 19.9. The minimum absolute atomic E-state index is 0.0264. The number of aromatic nitrogens is 3. The van der Waals surface area contributed by atoms with Gasteiger partial charge in [-0.3, -0.25) is 14.2 Å². The highest BCUT2D eigenvalue weighted by Gasteiger charge is 2.16. The van der Waals surface area contributed by atoms with Gasteiger partial charge in [-0.15, -0.1) is 28.1 Å². The van der Waals surface area contributed by atoms with Gasteiger partial charge in [0.05, 0.1) is 17.2 Å². The van der Waals surface area contributed by atoms with Gasteiger partial charge in [0, 0.05) is 23.9 Å². The molecule has 0 saturated carbocycles. The summed E-state index contributed by atoms with van der Waals surface area (Å²) >= 11 is 2.76. The first kappa shape index (κ1) is 20.0. The van der Waals surface area contributed by atoms with Crippen LogP contribution in [-0.4, -0.2) is 32.2 Å². The van der Waals surface area contributed by atoms with Gasteiger partial charge in [-0.25, -0.2) is 0 Å². The van der Waals surface area contributed by atoms with E-state index in [1.807, 2.05) is 41.0 Å². The second kappa shape index (κ2) is 9.48. The third kappa shape index (κ3) is 4.96. The topological polar surface area (TPSA) is 76.9 Å². The van der Waals surface area contributed by atoms with Crippen molar-refractivity contribution in [2.24, 2.45) is 0 Å². The number of carbonyl (C=O) groups is 2. The van der Waals surface area contributed by atoms with Crippen molar-refractivity contribution in [2.45, 2.75) is 25.2 Å². The van der Waals surface area contributed by atoms with E-state index in [0.717, 1.165) is 16.3 Å². The first-order valence-electron chi connectivity index (χ1n) is 8.67. The van der Waals surface area contributed by atoms with Crippen molar-refractivity contribution in [3.63, 3.8) is 0 Å². The zero-order valence-electron chi connectivity index (χ0n) is 15.4. The molecule has 1 N–H and O–H groups in total. The monoisotopic (exact) mass is 412 g/mol. The molecule has 0 spiro atoms. The van der Waals surface area contributed by atoms with Gasteiger partial charge in [0.25, 0.3) is 0 Å². The smallest absolute Gasteiger partial charge is 0.217 e. The Bertz CT molecular complexity index is 979. The van der Waals surface area contributed by atoms with Crippen LogP contribution in [0.15, 0.2) is 60.3 Å². The summed E-state index contributed by atoms with van der Waals surface area (Å²) < 4.78 is 1.96. The fourth-order valence-electron chi connectivity index (χ4n) is 2.53. The molecule has 0 unspecified atom stereocenters. The molecule has 0 aliphatic carbocycles. The van der Waals surface area contributed by atoms with Crippen molar-refractivity contribution in [3.8, 4) is 11.4 Å². The number of benzene rings is 1. The van der Waals surface area contributed by atoms with E-state index < -0.39 is 0 Å². The third-order valence-corrected chi connectivity index (χ3v) is 5.93. The lowest BCUT2D eigenvalue weighted by atomic mass is 10.2. The molecule has 144 valence electrons. The standard InChI is InChI=1S/C20H20N4O2S2/c1-3-11-24-19(15-7-5-4-6-8-15)22-23-20(24)27-13-17(26)18-10-9-16(28-18)12-21-14(2)25/h3-10H,1,11-13H2,2H3,(H,21,25). The number of thioether (sulfide) groups is 1. The third-order valence-electron chi connectivity index (χ3n) is 3.84. The Balaban J connectivity index is 1.69. The van der Waals surface area contributed by atoms with E-state index in [9.17, 15) is 9.59 Å². The van der Waals surface area contributed by atoms with Crippen LogP contribution in [-0.2, 0) is 17.9 Å². The molecule has 3 aromatic rings. The van der Waals surface area contributed by atoms with Crippen molar-refractivity contribution in [1.29, 1.82) is 0 Å². The molecule has 28 heavy (non-hydrogen) atoms. The molecule has 1 amide bonds. The number of Topliss-reactive ketones (excluding diaryl/α,β-unsaturated/α-hetero) is 1. The molecular formula is C20H20N4O2S2. The lowest BCUT2D eigenvalue weighted by Crippen LogP contribution is -2.18. The lowest BCUT2D eigenvalue weighted by Gasteiger charge is -2.07. The van der Waals surface area contributed by atoms with Crippen LogP contribution in [0.5, 0.6) is 0 Å². The minimum Gasteiger partial charge on any atom is -0.351 e. The number of allylic oxidation sites excluding steroid dienone is 1. The molecule has 2 aromatic heterocycles. The fraction of sp³-hybridized carbons (Fsp3) is 0.200. The van der Waals surface area contributed by atoms with Crippen LogP contribution in [0, 0.1) is 0 Å². The van der Waals surface area contributed by atoms with Gasteiger partial charge in [0.15, 0.2) is 16.8 Å². The van der Waals surface area contributed by atoms with Gasteiger partial charge in [-0.05, 0) is 12.1 Å². The summed E-state index contributed by atoms with van der Waals surface area (Å²) in [4.78, 5) is 25.2. The Hall–Kier alpha value is -2.71. The van der Waals surface area contributed by atoms with Crippen LogP contribution < -0.4 is 5.32 Å². The largest absolute Gasteiger partial charge is 0.351 e. The first-order chi connectivity index (χ1) is 13.6. The molecule has 6 nitrogen and oxygen atoms in total. The zero-order valence-corrected chi connectivity index (χ0v) is 17.1. The van der Waals surface area contributed by atoms with E-state index in [-0.39, 0.29) is 17.4 Å². The predicted octanol–water partition coefficient (Wildman–Crippen LogP) is 3.80. The van der Waals surface area contributed by atoms with Crippen molar-refractivity contribution in [1.82, 2.24) is 20.1 Å². The van der Waals surface area contributed by atoms with Gasteiger partial charge in [0.1, 0.15) is 0 Å². The number of rotatable bonds is 9. The van der Waals surface area contributed by atoms with Gasteiger partial charge in [-0.1, -0.05) is 48.2 Å². The Labute approximate surface area is 171 Å². The number of thiophene rings is 1. The van der Waals surface area contributed by atoms with Crippen LogP contribution in [0.2, 0.25) is 0 Å². The first-order valence-corrected chi connectivity index (χ1v) is 10.5. The number of amides is 1. The molecule has 0 fully saturated rings. The van der Waals surface area contributed by atoms with Crippen LogP contribution in [0.25, 0.3) is 11.4 Å². The van der Waals surface area contributed by atoms with E-state index in [1.54, 1.807) is 12.1 Å². The molecule has 0 aliphatic heterocycles.